The van der Waals surface area contributed by atoms with Crippen molar-refractivity contribution in [2.45, 2.75) is 0 Å². The van der Waals surface area contributed by atoms with Crippen LogP contribution in [-0.2, 0) is 0 Å². The van der Waals surface area contributed by atoms with E-state index in [1.807, 2.05) is 54.6 Å². The fraction of sp³-hybridized carbons (Fsp3) is 0. The molecule has 0 aliphatic heterocycles. The van der Waals surface area contributed by atoms with Crippen LogP contribution in [0, 0.1) is 0 Å². The molecule has 0 radical (unpaired) electrons. The Morgan fingerprint density at radius 3 is 2.12 bits per heavy atom. The van der Waals surface area contributed by atoms with Crippen LogP contribution in [0.2, 0.25) is 0 Å². The van der Waals surface area contributed by atoms with Crippen molar-refractivity contribution < 1.29 is 0 Å². The zero-order valence-electron chi connectivity index (χ0n) is 13.6. The topological polar surface area (TPSA) is 74.3 Å². The van der Waals surface area contributed by atoms with Crippen molar-refractivity contribution in [3.05, 3.63) is 79.9 Å². The first-order valence-corrected chi connectivity index (χ1v) is 8.10. The first-order chi connectivity index (χ1) is 12.9. The van der Waals surface area contributed by atoms with Gasteiger partial charge in [0.15, 0.2) is 5.82 Å². The van der Waals surface area contributed by atoms with Crippen LogP contribution in [0.1, 0.15) is 0 Å². The van der Waals surface area contributed by atoms with Gasteiger partial charge in [0.1, 0.15) is 25.3 Å². The van der Waals surface area contributed by atoms with E-state index in [4.69, 9.17) is 4.98 Å². The molecule has 2 aromatic carbocycles. The minimum Gasteiger partial charge on any atom is -0.228 e. The summed E-state index contributed by atoms with van der Waals surface area (Å²) >= 11 is 0. The summed E-state index contributed by atoms with van der Waals surface area (Å²) in [6.45, 7) is 0. The molecule has 0 spiro atoms. The summed E-state index contributed by atoms with van der Waals surface area (Å²) in [5.41, 5.74) is 3.69. The average Bonchev–Trinajstić information content (AvgIpc) is 3.41. The molecule has 3 heterocycles. The molecular formula is C19H13N7. The minimum absolute atomic E-state index is 0.692. The van der Waals surface area contributed by atoms with Crippen molar-refractivity contribution in [3.8, 4) is 22.6 Å². The molecule has 3 aromatic heterocycles. The van der Waals surface area contributed by atoms with E-state index in [-0.39, 0.29) is 0 Å². The standard InChI is InChI=1S/C19H13N7/c1-2-6-14(7-3-1)17-18(25-12-20-10-22-25)15-8-4-5-9-16(15)24-19(17)26-13-21-11-23-26/h1-13H. The predicted octanol–water partition coefficient (Wildman–Crippen LogP) is 3.06. The second-order valence-electron chi connectivity index (χ2n) is 5.72. The number of hydrogen-bond donors (Lipinski definition) is 0. The Morgan fingerprint density at radius 1 is 0.692 bits per heavy atom. The molecule has 0 aliphatic carbocycles. The van der Waals surface area contributed by atoms with Crippen molar-refractivity contribution in [2.75, 3.05) is 0 Å². The average molecular weight is 339 g/mol. The Kier molecular flexibility index (Phi) is 3.28. The van der Waals surface area contributed by atoms with Crippen LogP contribution in [0.25, 0.3) is 33.5 Å². The van der Waals surface area contributed by atoms with Crippen molar-refractivity contribution in [2.24, 2.45) is 0 Å². The van der Waals surface area contributed by atoms with Gasteiger partial charge in [-0.15, -0.1) is 0 Å². The summed E-state index contributed by atoms with van der Waals surface area (Å²) in [6.07, 6.45) is 6.37. The Balaban J connectivity index is 1.98. The molecule has 124 valence electrons. The Morgan fingerprint density at radius 2 is 1.38 bits per heavy atom. The minimum atomic E-state index is 0.692. The van der Waals surface area contributed by atoms with Gasteiger partial charge in [-0.25, -0.2) is 24.3 Å². The number of rotatable bonds is 3. The maximum atomic E-state index is 4.86. The normalized spacial score (nSPS) is 11.1. The third kappa shape index (κ3) is 2.26. The van der Waals surface area contributed by atoms with Gasteiger partial charge in [-0.05, 0) is 11.6 Å². The van der Waals surface area contributed by atoms with Gasteiger partial charge in [-0.1, -0.05) is 48.5 Å². The molecule has 0 saturated heterocycles. The number of para-hydroxylation sites is 1. The second-order valence-corrected chi connectivity index (χ2v) is 5.72. The Labute approximate surface area is 148 Å². The molecule has 0 fully saturated rings. The molecule has 0 saturated carbocycles. The van der Waals surface area contributed by atoms with Crippen molar-refractivity contribution in [1.82, 2.24) is 34.5 Å². The molecule has 5 aromatic rings. The highest BCUT2D eigenvalue weighted by atomic mass is 15.4. The maximum absolute atomic E-state index is 4.86. The first-order valence-electron chi connectivity index (χ1n) is 8.10. The molecule has 7 heteroatoms. The zero-order valence-corrected chi connectivity index (χ0v) is 13.6. The maximum Gasteiger partial charge on any atom is 0.165 e. The summed E-state index contributed by atoms with van der Waals surface area (Å²) in [7, 11) is 0. The summed E-state index contributed by atoms with van der Waals surface area (Å²) in [6, 6.07) is 18.1. The molecule has 0 amide bonds. The number of aromatic nitrogens is 7. The SMILES string of the molecule is c1ccc(-c2c(-n3cncn3)nc3ccccc3c2-n2cncn2)cc1. The largest absolute Gasteiger partial charge is 0.228 e. The van der Waals surface area contributed by atoms with E-state index in [0.717, 1.165) is 27.7 Å². The lowest BCUT2D eigenvalue weighted by molar-refractivity contribution is 0.840. The van der Waals surface area contributed by atoms with Crippen molar-refractivity contribution >= 4 is 10.9 Å². The number of nitrogens with zero attached hydrogens (tertiary/aromatic N) is 7. The second kappa shape index (κ2) is 5.89. The van der Waals surface area contributed by atoms with Gasteiger partial charge in [-0.3, -0.25) is 0 Å². The predicted molar refractivity (Wildman–Crippen MR) is 97.0 cm³/mol. The lowest BCUT2D eigenvalue weighted by atomic mass is 10.0. The van der Waals surface area contributed by atoms with E-state index in [1.165, 1.54) is 12.7 Å². The van der Waals surface area contributed by atoms with E-state index in [1.54, 1.807) is 22.0 Å². The zero-order chi connectivity index (χ0) is 17.3. The van der Waals surface area contributed by atoms with Crippen LogP contribution in [0.15, 0.2) is 79.9 Å². The number of pyridine rings is 1. The molecule has 0 unspecified atom stereocenters. The fourth-order valence-electron chi connectivity index (χ4n) is 3.10. The smallest absolute Gasteiger partial charge is 0.165 e. The van der Waals surface area contributed by atoms with Crippen LogP contribution >= 0.6 is 0 Å². The van der Waals surface area contributed by atoms with Crippen LogP contribution in [-0.4, -0.2) is 34.5 Å². The third-order valence-corrected chi connectivity index (χ3v) is 4.19. The number of fused-ring (bicyclic) bond motifs is 1. The highest BCUT2D eigenvalue weighted by Crippen LogP contribution is 2.36. The molecule has 26 heavy (non-hydrogen) atoms. The van der Waals surface area contributed by atoms with Crippen molar-refractivity contribution in [1.29, 1.82) is 0 Å². The van der Waals surface area contributed by atoms with E-state index in [0.29, 0.717) is 5.82 Å². The lowest BCUT2D eigenvalue weighted by Crippen LogP contribution is -2.08. The number of hydrogen-bond acceptors (Lipinski definition) is 5. The fourth-order valence-corrected chi connectivity index (χ4v) is 3.10. The van der Waals surface area contributed by atoms with Gasteiger partial charge >= 0.3 is 0 Å². The molecule has 7 nitrogen and oxygen atoms in total. The van der Waals surface area contributed by atoms with Gasteiger partial charge in [0.25, 0.3) is 0 Å². The Bertz CT molecular complexity index is 1160. The van der Waals surface area contributed by atoms with Crippen LogP contribution < -0.4 is 0 Å². The molecular weight excluding hydrogens is 326 g/mol. The van der Waals surface area contributed by atoms with E-state index in [9.17, 15) is 0 Å². The molecule has 0 aliphatic rings. The van der Waals surface area contributed by atoms with Crippen LogP contribution in [0.5, 0.6) is 0 Å². The van der Waals surface area contributed by atoms with E-state index in [2.05, 4.69) is 20.2 Å². The number of benzene rings is 2. The lowest BCUT2D eigenvalue weighted by Gasteiger charge is -2.16. The van der Waals surface area contributed by atoms with Gasteiger partial charge < -0.3 is 0 Å². The monoisotopic (exact) mass is 339 g/mol. The quantitative estimate of drug-likeness (QED) is 0.505. The highest BCUT2D eigenvalue weighted by Gasteiger charge is 2.20. The highest BCUT2D eigenvalue weighted by molar-refractivity contribution is 5.97. The molecule has 0 atom stereocenters. The van der Waals surface area contributed by atoms with E-state index >= 15 is 0 Å². The Hall–Kier alpha value is -3.87. The van der Waals surface area contributed by atoms with Gasteiger partial charge in [-0.2, -0.15) is 10.2 Å². The van der Waals surface area contributed by atoms with Crippen LogP contribution in [0.3, 0.4) is 0 Å². The summed E-state index contributed by atoms with van der Waals surface area (Å²) in [5, 5.41) is 9.66. The molecule has 0 N–H and O–H groups in total. The van der Waals surface area contributed by atoms with Gasteiger partial charge in [0.2, 0.25) is 0 Å². The molecule has 0 bridgehead atoms. The third-order valence-electron chi connectivity index (χ3n) is 4.19. The molecule has 5 rings (SSSR count). The van der Waals surface area contributed by atoms with E-state index < -0.39 is 0 Å². The summed E-state index contributed by atoms with van der Waals surface area (Å²) in [4.78, 5) is 13.1. The van der Waals surface area contributed by atoms with Crippen LogP contribution in [0.4, 0.5) is 0 Å². The van der Waals surface area contributed by atoms with Crippen molar-refractivity contribution in [3.63, 3.8) is 0 Å². The summed E-state index contributed by atoms with van der Waals surface area (Å²) < 4.78 is 3.45. The van der Waals surface area contributed by atoms with Gasteiger partial charge in [0, 0.05) is 5.39 Å². The summed E-state index contributed by atoms with van der Waals surface area (Å²) in [5.74, 6) is 0.692. The first kappa shape index (κ1) is 14.5. The van der Waals surface area contributed by atoms with Gasteiger partial charge in [0.05, 0.1) is 16.8 Å².